The lowest BCUT2D eigenvalue weighted by Crippen LogP contribution is -2.21. The van der Waals surface area contributed by atoms with Gasteiger partial charge in [0.25, 0.3) is 5.91 Å². The molecule has 0 saturated heterocycles. The lowest BCUT2D eigenvalue weighted by Gasteiger charge is -2.12. The van der Waals surface area contributed by atoms with Crippen LogP contribution in [0.25, 0.3) is 17.4 Å². The van der Waals surface area contributed by atoms with Gasteiger partial charge in [0.15, 0.2) is 0 Å². The number of halogens is 1. The van der Waals surface area contributed by atoms with E-state index in [-0.39, 0.29) is 17.0 Å². The van der Waals surface area contributed by atoms with Crippen LogP contribution in [0.2, 0.25) is 0 Å². The first-order chi connectivity index (χ1) is 14.3. The molecule has 8 heteroatoms. The molecule has 0 radical (unpaired) electrons. The highest BCUT2D eigenvalue weighted by Crippen LogP contribution is 2.30. The van der Waals surface area contributed by atoms with E-state index in [1.807, 2.05) is 30.3 Å². The van der Waals surface area contributed by atoms with Crippen LogP contribution in [0, 0.1) is 0 Å². The second-order valence-electron chi connectivity index (χ2n) is 6.58. The number of phenols is 1. The van der Waals surface area contributed by atoms with E-state index in [1.54, 1.807) is 19.1 Å². The molecule has 3 aromatic rings. The number of nitrogens with zero attached hydrogens (tertiary/aromatic N) is 2. The van der Waals surface area contributed by atoms with Crippen molar-refractivity contribution in [2.75, 3.05) is 5.01 Å². The smallest absolute Gasteiger partial charge is 0.339 e. The summed E-state index contributed by atoms with van der Waals surface area (Å²) in [5.74, 6) is -0.949. The third-order valence-corrected chi connectivity index (χ3v) is 5.09. The fraction of sp³-hybridized carbons (Fsp3) is 0.0455. The summed E-state index contributed by atoms with van der Waals surface area (Å²) >= 11 is 3.39. The molecule has 0 atom stereocenters. The van der Waals surface area contributed by atoms with Crippen molar-refractivity contribution >= 4 is 45.3 Å². The first-order valence-electron chi connectivity index (χ1n) is 8.87. The first kappa shape index (κ1) is 19.7. The molecule has 0 aliphatic carbocycles. The topological polar surface area (TPSA) is 103 Å². The molecule has 150 valence electrons. The fourth-order valence-corrected chi connectivity index (χ4v) is 3.29. The molecule has 1 amide bonds. The third-order valence-electron chi connectivity index (χ3n) is 4.56. The Morgan fingerprint density at radius 3 is 2.57 bits per heavy atom. The standard InChI is InChI=1S/C22H15BrN2O5/c1-12-17(11-16-7-9-20(30-16)13-2-4-14(23)5-3-13)21(27)25(24-12)15-6-8-19(26)18(10-15)22(28)29/h2-11,26H,1H3,(H,28,29)/b17-11-. The van der Waals surface area contributed by atoms with Crippen molar-refractivity contribution in [3.8, 4) is 17.1 Å². The molecule has 0 spiro atoms. The summed E-state index contributed by atoms with van der Waals surface area (Å²) in [6.45, 7) is 1.68. The van der Waals surface area contributed by atoms with E-state index in [1.165, 1.54) is 18.2 Å². The molecule has 0 unspecified atom stereocenters. The molecule has 1 aliphatic rings. The number of benzene rings is 2. The highest BCUT2D eigenvalue weighted by atomic mass is 79.9. The van der Waals surface area contributed by atoms with Crippen molar-refractivity contribution in [1.82, 2.24) is 0 Å². The minimum atomic E-state index is -1.30. The van der Waals surface area contributed by atoms with E-state index in [0.29, 0.717) is 22.8 Å². The number of hydrogen-bond donors (Lipinski definition) is 2. The molecule has 2 aromatic carbocycles. The van der Waals surface area contributed by atoms with E-state index in [0.717, 1.165) is 15.0 Å². The number of hydrazone groups is 1. The van der Waals surface area contributed by atoms with Crippen molar-refractivity contribution in [2.24, 2.45) is 5.10 Å². The van der Waals surface area contributed by atoms with Crippen LogP contribution in [0.1, 0.15) is 23.0 Å². The Morgan fingerprint density at radius 1 is 1.13 bits per heavy atom. The molecule has 7 nitrogen and oxygen atoms in total. The molecule has 0 bridgehead atoms. The fourth-order valence-electron chi connectivity index (χ4n) is 3.03. The van der Waals surface area contributed by atoms with Crippen LogP contribution in [0.4, 0.5) is 5.69 Å². The Hall–Kier alpha value is -3.65. The number of rotatable bonds is 4. The van der Waals surface area contributed by atoms with Gasteiger partial charge in [-0.05, 0) is 55.5 Å². The predicted molar refractivity (Wildman–Crippen MR) is 115 cm³/mol. The van der Waals surface area contributed by atoms with Gasteiger partial charge in [-0.25, -0.2) is 4.79 Å². The number of anilines is 1. The lowest BCUT2D eigenvalue weighted by molar-refractivity contribution is -0.114. The van der Waals surface area contributed by atoms with Crippen molar-refractivity contribution in [2.45, 2.75) is 6.92 Å². The Morgan fingerprint density at radius 2 is 1.87 bits per heavy atom. The van der Waals surface area contributed by atoms with Crippen molar-refractivity contribution in [3.63, 3.8) is 0 Å². The van der Waals surface area contributed by atoms with Gasteiger partial charge >= 0.3 is 5.97 Å². The number of carboxylic acid groups (broad SMARTS) is 1. The predicted octanol–water partition coefficient (Wildman–Crippen LogP) is 4.92. The Bertz CT molecular complexity index is 1220. The van der Waals surface area contributed by atoms with Gasteiger partial charge in [0.2, 0.25) is 0 Å². The van der Waals surface area contributed by atoms with Gasteiger partial charge < -0.3 is 14.6 Å². The van der Waals surface area contributed by atoms with Crippen LogP contribution in [-0.4, -0.2) is 27.8 Å². The average Bonchev–Trinajstić information content (AvgIpc) is 3.29. The van der Waals surface area contributed by atoms with Crippen molar-refractivity contribution in [3.05, 3.63) is 76.0 Å². The Balaban J connectivity index is 1.63. The summed E-state index contributed by atoms with van der Waals surface area (Å²) in [5.41, 5.74) is 1.63. The molecule has 1 aromatic heterocycles. The van der Waals surface area contributed by atoms with Crippen LogP contribution in [0.3, 0.4) is 0 Å². The van der Waals surface area contributed by atoms with Gasteiger partial charge in [0.1, 0.15) is 22.8 Å². The summed E-state index contributed by atoms with van der Waals surface area (Å²) in [7, 11) is 0. The maximum atomic E-state index is 12.9. The maximum Gasteiger partial charge on any atom is 0.339 e. The number of aromatic hydroxyl groups is 1. The minimum Gasteiger partial charge on any atom is -0.507 e. The number of carbonyl (C=O) groups excluding carboxylic acids is 1. The summed E-state index contributed by atoms with van der Waals surface area (Å²) < 4.78 is 6.81. The van der Waals surface area contributed by atoms with Crippen LogP contribution in [-0.2, 0) is 4.79 Å². The number of aromatic carboxylic acids is 1. The van der Waals surface area contributed by atoms with E-state index >= 15 is 0 Å². The largest absolute Gasteiger partial charge is 0.507 e. The van der Waals surface area contributed by atoms with Crippen molar-refractivity contribution < 1.29 is 24.2 Å². The molecule has 0 saturated carbocycles. The SMILES string of the molecule is CC1=NN(c2ccc(O)c(C(=O)O)c2)C(=O)/C1=C\c1ccc(-c2ccc(Br)cc2)o1. The number of carboxylic acids is 1. The molecule has 1 aliphatic heterocycles. The first-order valence-corrected chi connectivity index (χ1v) is 9.66. The maximum absolute atomic E-state index is 12.9. The van der Waals surface area contributed by atoms with Gasteiger partial charge in [-0.15, -0.1) is 0 Å². The molecular formula is C22H15BrN2O5. The van der Waals surface area contributed by atoms with E-state index in [2.05, 4.69) is 21.0 Å². The molecule has 4 rings (SSSR count). The lowest BCUT2D eigenvalue weighted by atomic mass is 10.1. The van der Waals surface area contributed by atoms with Crippen molar-refractivity contribution in [1.29, 1.82) is 0 Å². The number of furan rings is 1. The Kier molecular flexibility index (Phi) is 5.01. The van der Waals surface area contributed by atoms with Gasteiger partial charge in [0.05, 0.1) is 17.0 Å². The molecule has 0 fully saturated rings. The van der Waals surface area contributed by atoms with E-state index in [9.17, 15) is 19.8 Å². The third kappa shape index (κ3) is 3.65. The number of carbonyl (C=O) groups is 2. The van der Waals surface area contributed by atoms with Crippen LogP contribution < -0.4 is 5.01 Å². The number of amides is 1. The molecule has 30 heavy (non-hydrogen) atoms. The minimum absolute atomic E-state index is 0.243. The zero-order valence-corrected chi connectivity index (χ0v) is 17.3. The highest BCUT2D eigenvalue weighted by molar-refractivity contribution is 9.10. The normalized spacial score (nSPS) is 15.0. The van der Waals surface area contributed by atoms with Crippen LogP contribution in [0.15, 0.2) is 74.2 Å². The van der Waals surface area contributed by atoms with Crippen LogP contribution in [0.5, 0.6) is 5.75 Å². The van der Waals surface area contributed by atoms with Crippen LogP contribution >= 0.6 is 15.9 Å². The zero-order chi connectivity index (χ0) is 21.4. The van der Waals surface area contributed by atoms with E-state index < -0.39 is 11.9 Å². The monoisotopic (exact) mass is 466 g/mol. The van der Waals surface area contributed by atoms with Gasteiger partial charge in [0, 0.05) is 10.0 Å². The summed E-state index contributed by atoms with van der Waals surface area (Å²) in [6.07, 6.45) is 1.60. The highest BCUT2D eigenvalue weighted by Gasteiger charge is 2.30. The summed E-state index contributed by atoms with van der Waals surface area (Å²) in [6, 6.07) is 15.1. The van der Waals surface area contributed by atoms with Gasteiger partial charge in [-0.3, -0.25) is 4.79 Å². The summed E-state index contributed by atoms with van der Waals surface area (Å²) in [4.78, 5) is 24.1. The molecule has 2 heterocycles. The average molecular weight is 467 g/mol. The second-order valence-corrected chi connectivity index (χ2v) is 7.49. The van der Waals surface area contributed by atoms with E-state index in [4.69, 9.17) is 4.42 Å². The van der Waals surface area contributed by atoms with Gasteiger partial charge in [-0.1, -0.05) is 28.1 Å². The molecule has 2 N–H and O–H groups in total. The van der Waals surface area contributed by atoms with Gasteiger partial charge in [-0.2, -0.15) is 10.1 Å². The summed E-state index contributed by atoms with van der Waals surface area (Å²) in [5, 5.41) is 24.2. The Labute approximate surface area is 179 Å². The number of hydrogen-bond acceptors (Lipinski definition) is 5. The zero-order valence-electron chi connectivity index (χ0n) is 15.7. The molecular weight excluding hydrogens is 452 g/mol. The quantitative estimate of drug-likeness (QED) is 0.531. The second kappa shape index (κ2) is 7.64.